The van der Waals surface area contributed by atoms with Crippen LogP contribution >= 0.6 is 42.5 Å². The third kappa shape index (κ3) is 11.7. The van der Waals surface area contributed by atoms with Crippen molar-refractivity contribution in [2.45, 2.75) is 68.9 Å². The molecular formula is C28H37Br2ClN2O6S. The number of benzene rings is 2. The fourth-order valence-corrected chi connectivity index (χ4v) is 5.65. The minimum atomic E-state index is -3.71. The highest BCUT2D eigenvalue weighted by Gasteiger charge is 2.25. The van der Waals surface area contributed by atoms with Crippen molar-refractivity contribution in [3.63, 3.8) is 0 Å². The van der Waals surface area contributed by atoms with Gasteiger partial charge in [0.05, 0.1) is 17.0 Å². The van der Waals surface area contributed by atoms with Crippen molar-refractivity contribution in [3.8, 4) is 0 Å². The van der Waals surface area contributed by atoms with Gasteiger partial charge < -0.3 is 24.9 Å². The molecule has 3 rings (SSSR count). The predicted molar refractivity (Wildman–Crippen MR) is 167 cm³/mol. The topological polar surface area (TPSA) is 118 Å². The van der Waals surface area contributed by atoms with Gasteiger partial charge in [0, 0.05) is 41.7 Å². The molecule has 0 saturated carbocycles. The van der Waals surface area contributed by atoms with E-state index in [1.807, 2.05) is 30.3 Å². The number of rotatable bonds is 10. The molecule has 0 saturated heterocycles. The van der Waals surface area contributed by atoms with E-state index in [4.69, 9.17) is 28.1 Å². The molecule has 0 aliphatic carbocycles. The van der Waals surface area contributed by atoms with Crippen LogP contribution in [0.1, 0.15) is 53.9 Å². The summed E-state index contributed by atoms with van der Waals surface area (Å²) in [7, 11) is 1.57. The van der Waals surface area contributed by atoms with Crippen LogP contribution in [-0.2, 0) is 25.5 Å². The summed E-state index contributed by atoms with van der Waals surface area (Å²) in [5, 5.41) is 16.9. The standard InChI is InChI=1S/C19H32N2O3.C9H5Br2ClO3S/c1-14(2)12-20-13-17(22)16(11-15-9-7-6-8-10-15)21-18(23)24-19(3,4)5;10-4-7-6-3-5(16(12,13)14)1-2-8(6)15-9(7)11/h6-10,14,16-17,20,22H,11-13H2,1-5H3,(H,21,23);1-3H,4H2/t16-,17+;/m0./s1/i1D3,12D2,14D;/t14?,16-,17+;. The monoisotopic (exact) mass is 728 g/mol. The molecule has 40 heavy (non-hydrogen) atoms. The zero-order valence-corrected chi connectivity index (χ0v) is 27.2. The molecule has 3 N–H and O–H groups in total. The molecule has 0 bridgehead atoms. The molecule has 0 fully saturated rings. The first kappa shape index (κ1) is 26.0. The van der Waals surface area contributed by atoms with E-state index in [9.17, 15) is 18.3 Å². The number of hydrogen-bond donors (Lipinski definition) is 3. The van der Waals surface area contributed by atoms with Crippen molar-refractivity contribution in [3.05, 3.63) is 64.3 Å². The Kier molecular flexibility index (Phi) is 10.1. The van der Waals surface area contributed by atoms with E-state index in [0.717, 1.165) is 23.4 Å². The number of hydrogen-bond acceptors (Lipinski definition) is 7. The minimum Gasteiger partial charge on any atom is -0.449 e. The van der Waals surface area contributed by atoms with E-state index in [1.54, 1.807) is 26.8 Å². The Bertz CT molecular complexity index is 1580. The fourth-order valence-electron chi connectivity index (χ4n) is 3.41. The first-order chi connectivity index (χ1) is 20.9. The van der Waals surface area contributed by atoms with Crippen molar-refractivity contribution in [1.29, 1.82) is 0 Å². The Morgan fingerprint density at radius 3 is 2.52 bits per heavy atom. The summed E-state index contributed by atoms with van der Waals surface area (Å²) in [6.45, 7) is 0.194. The molecular weight excluding hydrogens is 688 g/mol. The number of alkyl carbamates (subject to hydrolysis) is 1. The molecule has 0 spiro atoms. The van der Waals surface area contributed by atoms with Gasteiger partial charge in [-0.25, -0.2) is 13.2 Å². The van der Waals surface area contributed by atoms with Crippen molar-refractivity contribution < 1.29 is 35.7 Å². The number of amides is 1. The lowest BCUT2D eigenvalue weighted by atomic mass is 10.0. The van der Waals surface area contributed by atoms with E-state index in [1.165, 1.54) is 12.1 Å². The highest BCUT2D eigenvalue weighted by Crippen LogP contribution is 2.33. The van der Waals surface area contributed by atoms with Gasteiger partial charge in [0.25, 0.3) is 9.05 Å². The largest absolute Gasteiger partial charge is 0.449 e. The van der Waals surface area contributed by atoms with E-state index in [-0.39, 0.29) is 17.9 Å². The van der Waals surface area contributed by atoms with Crippen LogP contribution in [0.3, 0.4) is 0 Å². The number of aliphatic hydroxyl groups excluding tert-OH is 1. The maximum atomic E-state index is 12.2. The van der Waals surface area contributed by atoms with E-state index < -0.39 is 52.1 Å². The molecule has 2 aromatic carbocycles. The van der Waals surface area contributed by atoms with Crippen LogP contribution in [0.25, 0.3) is 11.0 Å². The van der Waals surface area contributed by atoms with Gasteiger partial charge in [0.1, 0.15) is 11.2 Å². The van der Waals surface area contributed by atoms with Gasteiger partial charge in [-0.2, -0.15) is 0 Å². The molecule has 1 amide bonds. The van der Waals surface area contributed by atoms with Gasteiger partial charge in [0.2, 0.25) is 0 Å². The number of aliphatic hydroxyl groups is 1. The lowest BCUT2D eigenvalue weighted by Crippen LogP contribution is -2.50. The molecule has 1 unspecified atom stereocenters. The summed E-state index contributed by atoms with van der Waals surface area (Å²) in [6, 6.07) is 12.8. The Hall–Kier alpha value is -1.63. The maximum Gasteiger partial charge on any atom is 0.407 e. The van der Waals surface area contributed by atoms with Gasteiger partial charge in [0.15, 0.2) is 4.67 Å². The van der Waals surface area contributed by atoms with Crippen molar-refractivity contribution >= 4 is 68.7 Å². The quantitative estimate of drug-likeness (QED) is 0.156. The number of ether oxygens (including phenoxy) is 1. The molecule has 3 aromatic rings. The number of fused-ring (bicyclic) bond motifs is 1. The van der Waals surface area contributed by atoms with E-state index in [0.29, 0.717) is 15.6 Å². The summed E-state index contributed by atoms with van der Waals surface area (Å²) in [5.41, 5.74) is 1.56. The lowest BCUT2D eigenvalue weighted by molar-refractivity contribution is 0.0422. The normalized spacial score (nSPS) is 17.8. The number of alkyl halides is 1. The van der Waals surface area contributed by atoms with Crippen LogP contribution < -0.4 is 10.6 Å². The van der Waals surface area contributed by atoms with E-state index in [2.05, 4.69) is 42.5 Å². The second-order valence-corrected chi connectivity index (χ2v) is 13.6. The Balaban J connectivity index is 0.000000383. The van der Waals surface area contributed by atoms with Gasteiger partial charge >= 0.3 is 6.09 Å². The summed E-state index contributed by atoms with van der Waals surface area (Å²) in [4.78, 5) is 12.3. The van der Waals surface area contributed by atoms with Crippen molar-refractivity contribution in [1.82, 2.24) is 10.6 Å². The van der Waals surface area contributed by atoms with Gasteiger partial charge in [-0.3, -0.25) is 0 Å². The Labute approximate surface area is 266 Å². The van der Waals surface area contributed by atoms with Crippen molar-refractivity contribution in [2.24, 2.45) is 5.89 Å². The molecule has 0 aliphatic rings. The van der Waals surface area contributed by atoms with Crippen LogP contribution in [0.4, 0.5) is 4.79 Å². The zero-order chi connectivity index (χ0) is 35.3. The highest BCUT2D eigenvalue weighted by atomic mass is 79.9. The minimum absolute atomic E-state index is 0.0668. The lowest BCUT2D eigenvalue weighted by Gasteiger charge is -2.27. The van der Waals surface area contributed by atoms with E-state index >= 15 is 0 Å². The number of furan rings is 1. The first-order valence-electron chi connectivity index (χ1n) is 15.1. The number of nitrogens with one attached hydrogen (secondary N) is 2. The maximum absolute atomic E-state index is 12.2. The Morgan fingerprint density at radius 1 is 1.27 bits per heavy atom. The molecule has 1 heterocycles. The first-order valence-corrected chi connectivity index (χ1v) is 16.3. The zero-order valence-electron chi connectivity index (χ0n) is 28.4. The van der Waals surface area contributed by atoms with Crippen molar-refractivity contribution in [2.75, 3.05) is 13.0 Å². The average Bonchev–Trinajstić information content (AvgIpc) is 3.24. The number of carbonyl (C=O) groups excluding carboxylic acids is 1. The molecule has 8 nitrogen and oxygen atoms in total. The Morgan fingerprint density at radius 2 is 1.95 bits per heavy atom. The molecule has 1 aromatic heterocycles. The average molecular weight is 731 g/mol. The van der Waals surface area contributed by atoms with Gasteiger partial charge in [-0.05, 0) is 79.3 Å². The van der Waals surface area contributed by atoms with Crippen LogP contribution in [0.2, 0.25) is 0 Å². The summed E-state index contributed by atoms with van der Waals surface area (Å²) in [5.74, 6) is -2.45. The third-order valence-corrected chi connectivity index (χ3v) is 7.73. The van der Waals surface area contributed by atoms with Crippen LogP contribution in [0.15, 0.2) is 62.5 Å². The molecule has 222 valence electrons. The molecule has 12 heteroatoms. The third-order valence-electron chi connectivity index (χ3n) is 5.18. The van der Waals surface area contributed by atoms with Gasteiger partial charge in [-0.15, -0.1) is 0 Å². The van der Waals surface area contributed by atoms with Crippen LogP contribution in [0, 0.1) is 5.89 Å². The molecule has 0 radical (unpaired) electrons. The molecule has 0 aliphatic heterocycles. The second-order valence-electron chi connectivity index (χ2n) is 9.72. The summed E-state index contributed by atoms with van der Waals surface area (Å²) in [6.07, 6.45) is -1.78. The number of halogens is 3. The van der Waals surface area contributed by atoms with Crippen LogP contribution in [-0.4, -0.2) is 50.4 Å². The summed E-state index contributed by atoms with van der Waals surface area (Å²) < 4.78 is 79.8. The summed E-state index contributed by atoms with van der Waals surface area (Å²) >= 11 is 6.58. The van der Waals surface area contributed by atoms with Gasteiger partial charge in [-0.1, -0.05) is 60.0 Å². The second kappa shape index (κ2) is 15.6. The fraction of sp³-hybridized carbons (Fsp3) is 0.464. The number of carbonyl (C=O) groups is 1. The predicted octanol–water partition coefficient (Wildman–Crippen LogP) is 6.75. The highest BCUT2D eigenvalue weighted by molar-refractivity contribution is 9.10. The smallest absolute Gasteiger partial charge is 0.407 e. The SMILES string of the molecule is O=S(=O)(Cl)c1ccc2oc(Br)c(CBr)c2c1.[2H]C([2H])([2H])C([2H])(C)C([2H])([2H])NC[C@@H](O)[C@H](Cc1ccccc1)NC(=O)OC(C)(C)C. The van der Waals surface area contributed by atoms with Crippen LogP contribution in [0.5, 0.6) is 0 Å². The molecule has 3 atom stereocenters.